The van der Waals surface area contributed by atoms with Crippen molar-refractivity contribution in [1.29, 1.82) is 0 Å². The summed E-state index contributed by atoms with van der Waals surface area (Å²) < 4.78 is 2.19. The maximum absolute atomic E-state index is 8.20. The van der Waals surface area contributed by atoms with Gasteiger partial charge in [0.25, 0.3) is 0 Å². The molecule has 0 saturated carbocycles. The number of anilines is 3. The molecule has 4 nitrogen and oxygen atoms in total. The van der Waals surface area contributed by atoms with E-state index in [2.05, 4.69) is 150 Å². The Morgan fingerprint density at radius 3 is 1.96 bits per heavy atom. The summed E-state index contributed by atoms with van der Waals surface area (Å²) in [6.45, 7) is 11.0. The molecular weight excluding hydrogens is 569 g/mol. The minimum absolute atomic E-state index is 0.668. The molecule has 4 aromatic carbocycles. The molecule has 1 aliphatic carbocycles. The topological polar surface area (TPSA) is 22.6 Å². The monoisotopic (exact) mass is 603 g/mol. The van der Waals surface area contributed by atoms with Crippen LogP contribution < -0.4 is 10.2 Å². The summed E-state index contributed by atoms with van der Waals surface area (Å²) in [7, 11) is 4.18. The first-order chi connectivity index (χ1) is 22.1. The maximum Gasteiger partial charge on any atom is 0.228 e. The Morgan fingerprint density at radius 1 is 0.778 bits per heavy atom. The molecule has 6 rings (SSSR count). The van der Waals surface area contributed by atoms with Crippen molar-refractivity contribution in [3.8, 4) is 11.1 Å². The van der Waals surface area contributed by atoms with E-state index in [1.807, 2.05) is 30.3 Å². The predicted molar refractivity (Wildman–Crippen MR) is 193 cm³/mol. The maximum atomic E-state index is 8.20. The predicted octanol–water partition coefficient (Wildman–Crippen LogP) is 10.5. The van der Waals surface area contributed by atoms with Crippen molar-refractivity contribution in [3.05, 3.63) is 167 Å². The van der Waals surface area contributed by atoms with Crippen LogP contribution in [0, 0.1) is 6.57 Å². The molecule has 220 valence electrons. The summed E-state index contributed by atoms with van der Waals surface area (Å²) in [6.07, 6.45) is 8.76. The van der Waals surface area contributed by atoms with Gasteiger partial charge in [0.15, 0.2) is 0 Å². The van der Waals surface area contributed by atoms with Gasteiger partial charge in [0, 0.05) is 65.3 Å². The van der Waals surface area contributed by atoms with E-state index in [0.29, 0.717) is 5.69 Å². The molecule has 0 unspecified atom stereocenters. The molecule has 45 heavy (non-hydrogen) atoms. The number of rotatable bonds is 8. The normalized spacial score (nSPS) is 12.1. The zero-order valence-corrected chi connectivity index (χ0v) is 26.6. The number of nitrogens with one attached hydrogen (secondary N) is 1. The third kappa shape index (κ3) is 6.15. The Balaban J connectivity index is 1.53. The van der Waals surface area contributed by atoms with Crippen molar-refractivity contribution in [2.75, 3.05) is 30.9 Å². The van der Waals surface area contributed by atoms with Gasteiger partial charge in [-0.2, -0.15) is 4.58 Å². The van der Waals surface area contributed by atoms with Gasteiger partial charge in [0.1, 0.15) is 7.05 Å². The molecule has 0 bridgehead atoms. The van der Waals surface area contributed by atoms with Gasteiger partial charge in [0.2, 0.25) is 17.1 Å². The van der Waals surface area contributed by atoms with Crippen molar-refractivity contribution in [3.63, 3.8) is 0 Å². The summed E-state index contributed by atoms with van der Waals surface area (Å²) in [5.74, 6) is 0. The summed E-state index contributed by atoms with van der Waals surface area (Å²) in [6, 6.07) is 39.8. The Morgan fingerprint density at radius 2 is 1.36 bits per heavy atom. The second-order valence-electron chi connectivity index (χ2n) is 10.7. The van der Waals surface area contributed by atoms with Crippen LogP contribution in [0.1, 0.15) is 17.4 Å². The summed E-state index contributed by atoms with van der Waals surface area (Å²) >= 11 is 1.66. The van der Waals surface area contributed by atoms with Crippen LogP contribution in [0.3, 0.4) is 0 Å². The number of allylic oxidation sites excluding steroid dienone is 5. The Bertz CT molecular complexity index is 1940. The Labute approximate surface area is 270 Å². The van der Waals surface area contributed by atoms with Crippen molar-refractivity contribution >= 4 is 50.4 Å². The highest BCUT2D eigenvalue weighted by Gasteiger charge is 2.25. The molecule has 0 amide bonds. The lowest BCUT2D eigenvalue weighted by molar-refractivity contribution is -0.403. The van der Waals surface area contributed by atoms with E-state index in [-0.39, 0.29) is 0 Å². The van der Waals surface area contributed by atoms with Gasteiger partial charge in [0.05, 0.1) is 11.6 Å². The molecule has 5 heteroatoms. The lowest BCUT2D eigenvalue weighted by Crippen LogP contribution is -2.10. The van der Waals surface area contributed by atoms with E-state index in [1.165, 1.54) is 0 Å². The number of thiophene rings is 1. The minimum Gasteiger partial charge on any atom is -0.386 e. The van der Waals surface area contributed by atoms with Crippen LogP contribution in [-0.2, 0) is 0 Å². The van der Waals surface area contributed by atoms with Crippen LogP contribution in [0.15, 0.2) is 145 Å². The largest absolute Gasteiger partial charge is 0.386 e. The van der Waals surface area contributed by atoms with Gasteiger partial charge in [-0.25, -0.2) is 4.85 Å². The quantitative estimate of drug-likeness (QED) is 0.141. The van der Waals surface area contributed by atoms with Gasteiger partial charge in [-0.1, -0.05) is 78.9 Å². The fraction of sp³-hybridized carbons (Fsp3) is 0.100. The highest BCUT2D eigenvalue weighted by molar-refractivity contribution is 7.18. The van der Waals surface area contributed by atoms with E-state index in [4.69, 9.17) is 6.57 Å². The average Bonchev–Trinajstić information content (AvgIpc) is 3.47. The number of hydrogen-bond acceptors (Lipinski definition) is 3. The van der Waals surface area contributed by atoms with Crippen LogP contribution in [-0.4, -0.2) is 30.9 Å². The fourth-order valence-corrected chi connectivity index (χ4v) is 6.91. The van der Waals surface area contributed by atoms with Gasteiger partial charge >= 0.3 is 0 Å². The van der Waals surface area contributed by atoms with Crippen LogP contribution in [0.4, 0.5) is 27.8 Å². The molecule has 0 spiro atoms. The lowest BCUT2D eigenvalue weighted by Gasteiger charge is -2.20. The molecule has 0 atom stereocenters. The van der Waals surface area contributed by atoms with Crippen molar-refractivity contribution in [2.24, 2.45) is 0 Å². The molecule has 5 aromatic rings. The molecule has 1 N–H and O–H groups in total. The average molecular weight is 604 g/mol. The third-order valence-electron chi connectivity index (χ3n) is 8.00. The van der Waals surface area contributed by atoms with Gasteiger partial charge < -0.3 is 10.2 Å². The van der Waals surface area contributed by atoms with Crippen LogP contribution in [0.2, 0.25) is 0 Å². The zero-order chi connectivity index (χ0) is 31.2. The van der Waals surface area contributed by atoms with Crippen LogP contribution in [0.5, 0.6) is 0 Å². The molecule has 1 heterocycles. The van der Waals surface area contributed by atoms with Crippen LogP contribution in [0.25, 0.3) is 21.5 Å². The highest BCUT2D eigenvalue weighted by Crippen LogP contribution is 2.51. The van der Waals surface area contributed by atoms with E-state index < -0.39 is 0 Å². The summed E-state index contributed by atoms with van der Waals surface area (Å²) in [5.41, 5.74) is 10.5. The molecule has 1 aromatic heterocycles. The second-order valence-corrected chi connectivity index (χ2v) is 11.8. The van der Waals surface area contributed by atoms with Crippen molar-refractivity contribution < 1.29 is 4.58 Å². The summed E-state index contributed by atoms with van der Waals surface area (Å²) in [4.78, 5) is 7.34. The first-order valence-corrected chi connectivity index (χ1v) is 15.9. The fourth-order valence-electron chi connectivity index (χ4n) is 5.59. The number of nitrogens with zero attached hydrogens (tertiary/aromatic N) is 3. The number of hydrogen-bond donors (Lipinski definition) is 1. The molecular formula is C40H35N4S+. The lowest BCUT2D eigenvalue weighted by atomic mass is 9.91. The zero-order valence-electron chi connectivity index (χ0n) is 25.7. The van der Waals surface area contributed by atoms with Gasteiger partial charge in [-0.15, -0.1) is 11.3 Å². The molecule has 0 radical (unpaired) electrons. The SMILES string of the molecule is [C-]#[N+]c1c(NCC)sc(C(=C2C=CC(=[N+](C)c3ccccc3)C=C2)c2ccc(N(C)c3ccccc3)cc2)c1-c1ccccc1. The smallest absolute Gasteiger partial charge is 0.228 e. The van der Waals surface area contributed by atoms with Gasteiger partial charge in [-0.05, 0) is 60.0 Å². The van der Waals surface area contributed by atoms with E-state index in [1.54, 1.807) is 11.3 Å². The van der Waals surface area contributed by atoms with E-state index >= 15 is 0 Å². The first-order valence-electron chi connectivity index (χ1n) is 15.1. The minimum atomic E-state index is 0.668. The molecule has 0 saturated heterocycles. The Kier molecular flexibility index (Phi) is 8.86. The van der Waals surface area contributed by atoms with Crippen LogP contribution >= 0.6 is 11.3 Å². The second kappa shape index (κ2) is 13.5. The van der Waals surface area contributed by atoms with E-state index in [0.717, 1.165) is 67.0 Å². The highest BCUT2D eigenvalue weighted by atomic mass is 32.1. The van der Waals surface area contributed by atoms with Crippen molar-refractivity contribution in [1.82, 2.24) is 0 Å². The molecule has 0 aliphatic heterocycles. The molecule has 0 fully saturated rings. The molecule has 1 aliphatic rings. The summed E-state index contributed by atoms with van der Waals surface area (Å²) in [5, 5.41) is 4.38. The number of para-hydroxylation sites is 2. The van der Waals surface area contributed by atoms with Gasteiger partial charge in [-0.3, -0.25) is 0 Å². The Hall–Kier alpha value is -5.44. The first kappa shape index (κ1) is 29.6. The van der Waals surface area contributed by atoms with Crippen molar-refractivity contribution in [2.45, 2.75) is 6.92 Å². The number of benzene rings is 4. The third-order valence-corrected chi connectivity index (χ3v) is 9.15. The van der Waals surface area contributed by atoms with E-state index in [9.17, 15) is 0 Å². The standard InChI is InChI=1S/C40H34N4S/c1-5-42-40-38(41-2)37(29-15-9-6-10-16-29)39(45-40)36(30-21-25-34(26-22-30)43(3)32-17-11-7-12-18-32)31-23-27-35(28-24-31)44(4)33-19-13-8-14-20-33/h6-28H,5H2,1,3-4H3/p+1.